The molecule has 104 valence electrons. The lowest BCUT2D eigenvalue weighted by molar-refractivity contribution is -0.133. The number of halogens is 2. The van der Waals surface area contributed by atoms with Crippen LogP contribution in [0.5, 0.6) is 5.75 Å². The highest BCUT2D eigenvalue weighted by Crippen LogP contribution is 2.17. The number of carbonyl (C=O) groups excluding carboxylic acids is 1. The van der Waals surface area contributed by atoms with E-state index in [4.69, 9.17) is 4.74 Å². The smallest absolute Gasteiger partial charge is 0.260 e. The SMILES string of the molecule is O=C(COc1ccc(F)cc1F)N1CCCNCC1. The highest BCUT2D eigenvalue weighted by Gasteiger charge is 2.16. The fraction of sp³-hybridized carbons (Fsp3) is 0.462. The first-order chi connectivity index (χ1) is 9.16. The molecule has 4 nitrogen and oxygen atoms in total. The summed E-state index contributed by atoms with van der Waals surface area (Å²) in [5.74, 6) is -1.77. The van der Waals surface area contributed by atoms with Crippen molar-refractivity contribution in [3.8, 4) is 5.75 Å². The summed E-state index contributed by atoms with van der Waals surface area (Å²) in [6.07, 6.45) is 0.886. The Morgan fingerprint density at radius 2 is 2.16 bits per heavy atom. The average Bonchev–Trinajstić information content (AvgIpc) is 2.66. The third kappa shape index (κ3) is 3.89. The number of hydrogen-bond acceptors (Lipinski definition) is 3. The molecule has 19 heavy (non-hydrogen) atoms. The van der Waals surface area contributed by atoms with E-state index in [9.17, 15) is 13.6 Å². The molecule has 2 rings (SSSR count). The summed E-state index contributed by atoms with van der Waals surface area (Å²) in [5, 5.41) is 3.18. The topological polar surface area (TPSA) is 41.6 Å². The van der Waals surface area contributed by atoms with Crippen LogP contribution in [0.25, 0.3) is 0 Å². The predicted molar refractivity (Wildman–Crippen MR) is 65.9 cm³/mol. The second-order valence-electron chi connectivity index (χ2n) is 4.35. The summed E-state index contributed by atoms with van der Waals surface area (Å²) in [4.78, 5) is 13.6. The average molecular weight is 270 g/mol. The third-order valence-electron chi connectivity index (χ3n) is 2.94. The Balaban J connectivity index is 1.88. The molecule has 0 atom stereocenters. The van der Waals surface area contributed by atoms with Crippen LogP contribution in [0.15, 0.2) is 18.2 Å². The van der Waals surface area contributed by atoms with Gasteiger partial charge in [0.05, 0.1) is 0 Å². The quantitative estimate of drug-likeness (QED) is 0.896. The second kappa shape index (κ2) is 6.47. The van der Waals surface area contributed by atoms with Gasteiger partial charge in [-0.3, -0.25) is 4.79 Å². The molecule has 1 saturated heterocycles. The summed E-state index contributed by atoms with van der Waals surface area (Å²) < 4.78 is 31.1. The Morgan fingerprint density at radius 3 is 2.95 bits per heavy atom. The lowest BCUT2D eigenvalue weighted by Gasteiger charge is -2.20. The summed E-state index contributed by atoms with van der Waals surface area (Å²) >= 11 is 0. The largest absolute Gasteiger partial charge is 0.481 e. The van der Waals surface area contributed by atoms with Gasteiger partial charge in [-0.15, -0.1) is 0 Å². The van der Waals surface area contributed by atoms with Crippen LogP contribution in [0.2, 0.25) is 0 Å². The number of hydrogen-bond donors (Lipinski definition) is 1. The van der Waals surface area contributed by atoms with Gasteiger partial charge in [0.1, 0.15) is 5.82 Å². The van der Waals surface area contributed by atoms with Crippen LogP contribution in [0, 0.1) is 11.6 Å². The molecule has 1 aliphatic heterocycles. The van der Waals surface area contributed by atoms with Crippen molar-refractivity contribution in [1.29, 1.82) is 0 Å². The van der Waals surface area contributed by atoms with E-state index in [1.165, 1.54) is 6.07 Å². The molecule has 0 bridgehead atoms. The van der Waals surface area contributed by atoms with Crippen molar-refractivity contribution in [1.82, 2.24) is 10.2 Å². The molecule has 0 aromatic heterocycles. The summed E-state index contributed by atoms with van der Waals surface area (Å²) in [5.41, 5.74) is 0. The molecule has 0 saturated carbocycles. The fourth-order valence-corrected chi connectivity index (χ4v) is 1.92. The molecule has 1 amide bonds. The molecule has 1 fully saturated rings. The number of rotatable bonds is 3. The van der Waals surface area contributed by atoms with Gasteiger partial charge in [-0.2, -0.15) is 0 Å². The highest BCUT2D eigenvalue weighted by molar-refractivity contribution is 5.77. The van der Waals surface area contributed by atoms with Crippen molar-refractivity contribution in [3.05, 3.63) is 29.8 Å². The van der Waals surface area contributed by atoms with E-state index in [1.54, 1.807) is 4.90 Å². The van der Waals surface area contributed by atoms with Gasteiger partial charge in [-0.1, -0.05) is 0 Å². The van der Waals surface area contributed by atoms with Crippen molar-refractivity contribution >= 4 is 5.91 Å². The summed E-state index contributed by atoms with van der Waals surface area (Å²) in [6, 6.07) is 3.01. The van der Waals surface area contributed by atoms with E-state index in [0.29, 0.717) is 13.1 Å². The summed E-state index contributed by atoms with van der Waals surface area (Å²) in [7, 11) is 0. The van der Waals surface area contributed by atoms with Crippen LogP contribution in [-0.2, 0) is 4.79 Å². The number of carbonyl (C=O) groups is 1. The van der Waals surface area contributed by atoms with E-state index < -0.39 is 11.6 Å². The minimum absolute atomic E-state index is 0.109. The van der Waals surface area contributed by atoms with Gasteiger partial charge >= 0.3 is 0 Å². The van der Waals surface area contributed by atoms with E-state index in [-0.39, 0.29) is 18.3 Å². The minimum Gasteiger partial charge on any atom is -0.481 e. The van der Waals surface area contributed by atoms with E-state index in [2.05, 4.69) is 5.32 Å². The van der Waals surface area contributed by atoms with Gasteiger partial charge in [-0.05, 0) is 25.1 Å². The number of nitrogens with zero attached hydrogens (tertiary/aromatic N) is 1. The molecule has 1 aliphatic rings. The predicted octanol–water partition coefficient (Wildman–Crippen LogP) is 1.17. The molecule has 6 heteroatoms. The van der Waals surface area contributed by atoms with Crippen LogP contribution >= 0.6 is 0 Å². The fourth-order valence-electron chi connectivity index (χ4n) is 1.92. The van der Waals surface area contributed by atoms with Crippen LogP contribution in [0.4, 0.5) is 8.78 Å². The van der Waals surface area contributed by atoms with Gasteiger partial charge in [0.15, 0.2) is 18.2 Å². The van der Waals surface area contributed by atoms with E-state index in [1.807, 2.05) is 0 Å². The molecule has 1 aromatic carbocycles. The second-order valence-corrected chi connectivity index (χ2v) is 4.35. The maximum Gasteiger partial charge on any atom is 0.260 e. The normalized spacial score (nSPS) is 16.0. The molecule has 1 aromatic rings. The molecule has 0 aliphatic carbocycles. The van der Waals surface area contributed by atoms with Gasteiger partial charge in [0, 0.05) is 25.7 Å². The molecule has 0 spiro atoms. The van der Waals surface area contributed by atoms with Gasteiger partial charge < -0.3 is 15.0 Å². The zero-order valence-corrected chi connectivity index (χ0v) is 10.5. The van der Waals surface area contributed by atoms with Crippen LogP contribution in [0.1, 0.15) is 6.42 Å². The van der Waals surface area contributed by atoms with Crippen molar-refractivity contribution in [2.24, 2.45) is 0 Å². The molecular formula is C13H16F2N2O2. The molecular weight excluding hydrogens is 254 g/mol. The maximum atomic E-state index is 13.3. The van der Waals surface area contributed by atoms with Crippen molar-refractivity contribution in [2.45, 2.75) is 6.42 Å². The van der Waals surface area contributed by atoms with Crippen molar-refractivity contribution < 1.29 is 18.3 Å². The zero-order valence-electron chi connectivity index (χ0n) is 10.5. The van der Waals surface area contributed by atoms with E-state index >= 15 is 0 Å². The first-order valence-corrected chi connectivity index (χ1v) is 6.23. The van der Waals surface area contributed by atoms with E-state index in [0.717, 1.165) is 31.6 Å². The van der Waals surface area contributed by atoms with Gasteiger partial charge in [-0.25, -0.2) is 8.78 Å². The first kappa shape index (κ1) is 13.7. The lowest BCUT2D eigenvalue weighted by atomic mass is 10.3. The highest BCUT2D eigenvalue weighted by atomic mass is 19.1. The maximum absolute atomic E-state index is 13.3. The molecule has 0 unspecified atom stereocenters. The Labute approximate surface area is 110 Å². The summed E-state index contributed by atoms with van der Waals surface area (Å²) in [6.45, 7) is 2.69. The van der Waals surface area contributed by atoms with Crippen LogP contribution in [-0.4, -0.2) is 43.6 Å². The first-order valence-electron chi connectivity index (χ1n) is 6.23. The van der Waals surface area contributed by atoms with Gasteiger partial charge in [0.25, 0.3) is 5.91 Å². The number of ether oxygens (including phenoxy) is 1. The number of amides is 1. The number of nitrogens with one attached hydrogen (secondary N) is 1. The standard InChI is InChI=1S/C13H16F2N2O2/c14-10-2-3-12(11(15)8-10)19-9-13(18)17-6-1-4-16-5-7-17/h2-3,8,16H,1,4-7,9H2. The molecule has 1 heterocycles. The Kier molecular flexibility index (Phi) is 4.68. The molecule has 0 radical (unpaired) electrons. The zero-order chi connectivity index (χ0) is 13.7. The Morgan fingerprint density at radius 1 is 1.32 bits per heavy atom. The van der Waals surface area contributed by atoms with Gasteiger partial charge in [0.2, 0.25) is 0 Å². The van der Waals surface area contributed by atoms with Crippen molar-refractivity contribution in [3.63, 3.8) is 0 Å². The number of benzene rings is 1. The third-order valence-corrected chi connectivity index (χ3v) is 2.94. The van der Waals surface area contributed by atoms with Crippen LogP contribution < -0.4 is 10.1 Å². The monoisotopic (exact) mass is 270 g/mol. The Bertz CT molecular complexity index is 446. The minimum atomic E-state index is -0.801. The Hall–Kier alpha value is -1.69. The lowest BCUT2D eigenvalue weighted by Crippen LogP contribution is -2.37. The van der Waals surface area contributed by atoms with Crippen molar-refractivity contribution in [2.75, 3.05) is 32.8 Å². The molecule has 1 N–H and O–H groups in total. The van der Waals surface area contributed by atoms with Crippen LogP contribution in [0.3, 0.4) is 0 Å².